The van der Waals surface area contributed by atoms with Gasteiger partial charge in [-0.3, -0.25) is 9.59 Å². The van der Waals surface area contributed by atoms with Crippen molar-refractivity contribution in [2.45, 2.75) is 44.3 Å². The summed E-state index contributed by atoms with van der Waals surface area (Å²) in [5.41, 5.74) is 0.886. The lowest BCUT2D eigenvalue weighted by Crippen LogP contribution is -2.33. The van der Waals surface area contributed by atoms with E-state index in [1.807, 2.05) is 6.92 Å². The lowest BCUT2D eigenvalue weighted by atomic mass is 10.1. The lowest BCUT2D eigenvalue weighted by Gasteiger charge is -2.27. The van der Waals surface area contributed by atoms with Crippen LogP contribution in [0.1, 0.15) is 49.4 Å². The van der Waals surface area contributed by atoms with Crippen molar-refractivity contribution in [1.29, 1.82) is 0 Å². The van der Waals surface area contributed by atoms with Crippen LogP contribution in [-0.4, -0.2) is 52.8 Å². The van der Waals surface area contributed by atoms with Crippen LogP contribution in [-0.2, 0) is 14.3 Å². The number of nitrogens with one attached hydrogen (secondary N) is 1. The van der Waals surface area contributed by atoms with Crippen molar-refractivity contribution in [2.24, 2.45) is 4.99 Å². The first-order valence-electron chi connectivity index (χ1n) is 9.68. The predicted molar refractivity (Wildman–Crippen MR) is 110 cm³/mol. The van der Waals surface area contributed by atoms with Crippen molar-refractivity contribution in [3.63, 3.8) is 0 Å². The second kappa shape index (κ2) is 9.73. The van der Waals surface area contributed by atoms with E-state index in [0.717, 1.165) is 37.5 Å². The number of nitrogens with zero attached hydrogens (tertiary/aromatic N) is 2. The SMILES string of the molecule is CCCOC(=O)c1cccc(NC(=O)CC2SC(N3CCCCC3)=NC2=O)c1. The van der Waals surface area contributed by atoms with E-state index in [0.29, 0.717) is 17.9 Å². The fourth-order valence-electron chi connectivity index (χ4n) is 3.11. The first kappa shape index (κ1) is 20.4. The highest BCUT2D eigenvalue weighted by Gasteiger charge is 2.33. The van der Waals surface area contributed by atoms with Crippen LogP contribution in [0, 0.1) is 0 Å². The Balaban J connectivity index is 1.53. The molecular formula is C20H25N3O4S. The molecule has 28 heavy (non-hydrogen) atoms. The number of aliphatic imine (C=N–C) groups is 1. The van der Waals surface area contributed by atoms with Crippen LogP contribution in [0.5, 0.6) is 0 Å². The van der Waals surface area contributed by atoms with Gasteiger partial charge in [-0.1, -0.05) is 24.8 Å². The number of likely N-dealkylation sites (tertiary alicyclic amines) is 1. The Kier molecular flexibility index (Phi) is 7.08. The Hall–Kier alpha value is -2.35. The highest BCUT2D eigenvalue weighted by atomic mass is 32.2. The van der Waals surface area contributed by atoms with Crippen LogP contribution in [0.3, 0.4) is 0 Å². The fourth-order valence-corrected chi connectivity index (χ4v) is 4.23. The van der Waals surface area contributed by atoms with E-state index in [9.17, 15) is 14.4 Å². The molecule has 1 N–H and O–H groups in total. The quantitative estimate of drug-likeness (QED) is 0.735. The van der Waals surface area contributed by atoms with Gasteiger partial charge in [0, 0.05) is 25.2 Å². The number of piperidine rings is 1. The largest absolute Gasteiger partial charge is 0.462 e. The van der Waals surface area contributed by atoms with Gasteiger partial charge in [0.05, 0.1) is 12.2 Å². The molecule has 1 aromatic rings. The Morgan fingerprint density at radius 2 is 2.07 bits per heavy atom. The summed E-state index contributed by atoms with van der Waals surface area (Å²) in [5.74, 6) is -0.948. The third-order valence-corrected chi connectivity index (χ3v) is 5.76. The predicted octanol–water partition coefficient (Wildman–Crippen LogP) is 3.07. The van der Waals surface area contributed by atoms with Crippen molar-refractivity contribution in [2.75, 3.05) is 25.0 Å². The van der Waals surface area contributed by atoms with Crippen molar-refractivity contribution in [1.82, 2.24) is 4.90 Å². The number of amidine groups is 1. The normalized spacial score (nSPS) is 19.3. The topological polar surface area (TPSA) is 88.1 Å². The summed E-state index contributed by atoms with van der Waals surface area (Å²) < 4.78 is 5.11. The van der Waals surface area contributed by atoms with Crippen LogP contribution >= 0.6 is 11.8 Å². The van der Waals surface area contributed by atoms with Crippen molar-refractivity contribution in [3.8, 4) is 0 Å². The first-order valence-corrected chi connectivity index (χ1v) is 10.6. The number of anilines is 1. The summed E-state index contributed by atoms with van der Waals surface area (Å²) in [6.45, 7) is 4.11. The summed E-state index contributed by atoms with van der Waals surface area (Å²) >= 11 is 1.37. The third kappa shape index (κ3) is 5.34. The van der Waals surface area contributed by atoms with Gasteiger partial charge in [0.2, 0.25) is 5.91 Å². The van der Waals surface area contributed by atoms with Gasteiger partial charge in [-0.05, 0) is 43.9 Å². The fraction of sp³-hybridized carbons (Fsp3) is 0.500. The molecule has 1 fully saturated rings. The summed E-state index contributed by atoms with van der Waals surface area (Å²) in [5, 5.41) is 3.01. The standard InChI is InChI=1S/C20H25N3O4S/c1-2-11-27-19(26)14-7-6-8-15(12-14)21-17(24)13-16-18(25)22-20(28-16)23-9-4-3-5-10-23/h6-8,12,16H,2-5,9-11,13H2,1H3,(H,21,24). The number of rotatable bonds is 6. The Morgan fingerprint density at radius 1 is 1.29 bits per heavy atom. The minimum atomic E-state index is -0.491. The molecule has 1 atom stereocenters. The number of thioether (sulfide) groups is 1. The molecule has 0 spiro atoms. The van der Waals surface area contributed by atoms with Crippen molar-refractivity contribution >= 4 is 40.4 Å². The van der Waals surface area contributed by atoms with Crippen LogP contribution in [0.15, 0.2) is 29.3 Å². The molecule has 1 unspecified atom stereocenters. The Bertz CT molecular complexity index is 774. The second-order valence-electron chi connectivity index (χ2n) is 6.86. The molecule has 0 radical (unpaired) electrons. The maximum Gasteiger partial charge on any atom is 0.338 e. The van der Waals surface area contributed by atoms with Gasteiger partial charge in [-0.15, -0.1) is 0 Å². The molecule has 0 bridgehead atoms. The van der Waals surface area contributed by atoms with Crippen LogP contribution in [0.25, 0.3) is 0 Å². The van der Waals surface area contributed by atoms with Crippen LogP contribution < -0.4 is 5.32 Å². The smallest absolute Gasteiger partial charge is 0.338 e. The van der Waals surface area contributed by atoms with Gasteiger partial charge in [0.25, 0.3) is 5.91 Å². The van der Waals surface area contributed by atoms with E-state index >= 15 is 0 Å². The number of benzene rings is 1. The van der Waals surface area contributed by atoms with Gasteiger partial charge in [-0.25, -0.2) is 4.79 Å². The first-order chi connectivity index (χ1) is 13.6. The van der Waals surface area contributed by atoms with E-state index < -0.39 is 11.2 Å². The zero-order valence-electron chi connectivity index (χ0n) is 16.0. The minimum absolute atomic E-state index is 0.0504. The zero-order chi connectivity index (χ0) is 19.9. The average molecular weight is 404 g/mol. The highest BCUT2D eigenvalue weighted by Crippen LogP contribution is 2.29. The molecule has 2 aliphatic heterocycles. The molecule has 2 aliphatic rings. The average Bonchev–Trinajstić information content (AvgIpc) is 3.07. The summed E-state index contributed by atoms with van der Waals surface area (Å²) in [7, 11) is 0. The number of hydrogen-bond acceptors (Lipinski definition) is 6. The van der Waals surface area contributed by atoms with Gasteiger partial charge < -0.3 is 15.0 Å². The maximum absolute atomic E-state index is 12.4. The Morgan fingerprint density at radius 3 is 2.82 bits per heavy atom. The molecule has 7 nitrogen and oxygen atoms in total. The van der Waals surface area contributed by atoms with Crippen LogP contribution in [0.2, 0.25) is 0 Å². The minimum Gasteiger partial charge on any atom is -0.462 e. The number of carbonyl (C=O) groups excluding carboxylic acids is 3. The molecule has 2 heterocycles. The van der Waals surface area contributed by atoms with E-state index in [1.165, 1.54) is 18.2 Å². The van der Waals surface area contributed by atoms with Crippen molar-refractivity contribution < 1.29 is 19.1 Å². The zero-order valence-corrected chi connectivity index (χ0v) is 16.8. The molecule has 0 saturated carbocycles. The van der Waals surface area contributed by atoms with Gasteiger partial charge in [0.15, 0.2) is 5.17 Å². The molecule has 0 aliphatic carbocycles. The molecule has 0 aromatic heterocycles. The number of ether oxygens (including phenoxy) is 1. The molecule has 1 saturated heterocycles. The van der Waals surface area contributed by atoms with E-state index in [1.54, 1.807) is 24.3 Å². The second-order valence-corrected chi connectivity index (χ2v) is 8.03. The summed E-state index contributed by atoms with van der Waals surface area (Å²) in [6.07, 6.45) is 4.22. The molecule has 150 valence electrons. The van der Waals surface area contributed by atoms with Gasteiger partial charge in [-0.2, -0.15) is 4.99 Å². The van der Waals surface area contributed by atoms with E-state index in [2.05, 4.69) is 15.2 Å². The van der Waals surface area contributed by atoms with Gasteiger partial charge >= 0.3 is 5.97 Å². The molecule has 1 aromatic carbocycles. The number of amides is 2. The highest BCUT2D eigenvalue weighted by molar-refractivity contribution is 8.15. The van der Waals surface area contributed by atoms with Crippen molar-refractivity contribution in [3.05, 3.63) is 29.8 Å². The van der Waals surface area contributed by atoms with E-state index in [4.69, 9.17) is 4.74 Å². The summed E-state index contributed by atoms with van der Waals surface area (Å²) in [4.78, 5) is 42.8. The molecule has 3 rings (SSSR count). The van der Waals surface area contributed by atoms with E-state index in [-0.39, 0.29) is 18.2 Å². The monoisotopic (exact) mass is 403 g/mol. The molecule has 8 heteroatoms. The lowest BCUT2D eigenvalue weighted by molar-refractivity contribution is -0.121. The number of carbonyl (C=O) groups is 3. The Labute approximate surface area is 168 Å². The van der Waals surface area contributed by atoms with Crippen LogP contribution in [0.4, 0.5) is 5.69 Å². The molecule has 2 amide bonds. The summed E-state index contributed by atoms with van der Waals surface area (Å²) in [6, 6.07) is 6.61. The third-order valence-electron chi connectivity index (χ3n) is 4.55. The molecular weight excluding hydrogens is 378 g/mol. The number of hydrogen-bond donors (Lipinski definition) is 1. The number of esters is 1. The maximum atomic E-state index is 12.4. The van der Waals surface area contributed by atoms with Gasteiger partial charge in [0.1, 0.15) is 5.25 Å².